The summed E-state index contributed by atoms with van der Waals surface area (Å²) in [5.41, 5.74) is 0. The van der Waals surface area contributed by atoms with Gasteiger partial charge in [-0.2, -0.15) is 0 Å². The Bertz CT molecular complexity index is 238. The molecule has 0 radical (unpaired) electrons. The van der Waals surface area contributed by atoms with Gasteiger partial charge in [0.25, 0.3) is 0 Å². The maximum atomic E-state index is 6.11. The molecule has 4 heteroatoms. The summed E-state index contributed by atoms with van der Waals surface area (Å²) in [4.78, 5) is 0. The van der Waals surface area contributed by atoms with E-state index in [0.717, 1.165) is 3.58 Å². The average Bonchev–Trinajstić information content (AvgIpc) is 2.06. The fourth-order valence-corrected chi connectivity index (χ4v) is 7.22. The second-order valence-electron chi connectivity index (χ2n) is 2.32. The number of rotatable bonds is 3. The van der Waals surface area contributed by atoms with Crippen molar-refractivity contribution in [1.29, 1.82) is 0 Å². The Morgan fingerprint density at radius 2 is 1.83 bits per heavy atom. The van der Waals surface area contributed by atoms with Crippen molar-refractivity contribution in [1.82, 2.24) is 0 Å². The summed E-state index contributed by atoms with van der Waals surface area (Å²) in [6.45, 7) is 2.48. The molecule has 12 heavy (non-hydrogen) atoms. The van der Waals surface area contributed by atoms with Crippen LogP contribution in [0.25, 0.3) is 0 Å². The first kappa shape index (κ1) is 10.6. The van der Waals surface area contributed by atoms with Gasteiger partial charge in [-0.3, -0.25) is 0 Å². The zero-order chi connectivity index (χ0) is 9.03. The second-order valence-corrected chi connectivity index (χ2v) is 16.2. The van der Waals surface area contributed by atoms with E-state index in [1.54, 1.807) is 0 Å². The molecular formula is C8H10Cl2OSn. The van der Waals surface area contributed by atoms with Gasteiger partial charge in [-0.25, -0.2) is 0 Å². The van der Waals surface area contributed by atoms with E-state index in [0.29, 0.717) is 6.61 Å². The van der Waals surface area contributed by atoms with E-state index in [2.05, 4.69) is 0 Å². The fraction of sp³-hybridized carbons (Fsp3) is 0.250. The number of benzene rings is 1. The van der Waals surface area contributed by atoms with Gasteiger partial charge in [0.15, 0.2) is 0 Å². The molecule has 0 fully saturated rings. The Hall–Kier alpha value is 0.559. The molecule has 0 aliphatic heterocycles. The summed E-state index contributed by atoms with van der Waals surface area (Å²) >= 11 is -3.36. The third-order valence-corrected chi connectivity index (χ3v) is 10.6. The molecule has 1 nitrogen and oxygen atoms in total. The van der Waals surface area contributed by atoms with E-state index in [4.69, 9.17) is 20.9 Å². The van der Waals surface area contributed by atoms with Crippen molar-refractivity contribution in [2.75, 3.05) is 6.61 Å². The SMILES string of the molecule is CC[O][Sn]([Cl])([Cl])[c]1ccccc1. The molecule has 0 aliphatic rings. The molecule has 0 aliphatic carbocycles. The second kappa shape index (κ2) is 4.70. The van der Waals surface area contributed by atoms with E-state index < -0.39 is 16.5 Å². The molecule has 0 saturated carbocycles. The van der Waals surface area contributed by atoms with Crippen LogP contribution in [-0.4, -0.2) is 23.1 Å². The molecule has 0 unspecified atom stereocenters. The standard InChI is InChI=1S/C6H5.C2H5O.2ClH.Sn/c1-2-4-6-5-3-1;1-2-3;;;/h1-5H;2H2,1H3;2*1H;/q;-1;;;+3/p-2. The summed E-state index contributed by atoms with van der Waals surface area (Å²) < 4.78 is 6.33. The Labute approximate surface area is 84.5 Å². The van der Waals surface area contributed by atoms with Crippen molar-refractivity contribution in [3.63, 3.8) is 0 Å². The van der Waals surface area contributed by atoms with Crippen LogP contribution in [0.15, 0.2) is 30.3 Å². The zero-order valence-corrected chi connectivity index (χ0v) is 11.1. The molecule has 0 bridgehead atoms. The molecule has 0 saturated heterocycles. The van der Waals surface area contributed by atoms with Gasteiger partial charge in [0.1, 0.15) is 0 Å². The van der Waals surface area contributed by atoms with Gasteiger partial charge >= 0.3 is 84.9 Å². The first-order chi connectivity index (χ1) is 5.67. The average molecular weight is 312 g/mol. The Balaban J connectivity index is 2.82. The predicted molar refractivity (Wildman–Crippen MR) is 55.2 cm³/mol. The van der Waals surface area contributed by atoms with E-state index in [9.17, 15) is 0 Å². The quantitative estimate of drug-likeness (QED) is 0.779. The minimum absolute atomic E-state index is 0.581. The molecule has 66 valence electrons. The van der Waals surface area contributed by atoms with Crippen LogP contribution in [0, 0.1) is 0 Å². The molecule has 1 aromatic carbocycles. The maximum absolute atomic E-state index is 6.11. The number of halogens is 2. The van der Waals surface area contributed by atoms with Crippen LogP contribution in [0.5, 0.6) is 0 Å². The molecule has 0 aromatic heterocycles. The normalized spacial score (nSPS) is 11.6. The summed E-state index contributed by atoms with van der Waals surface area (Å²) in [7, 11) is 12.2. The first-order valence-electron chi connectivity index (χ1n) is 3.74. The van der Waals surface area contributed by atoms with Crippen LogP contribution in [0.1, 0.15) is 6.92 Å². The topological polar surface area (TPSA) is 9.23 Å². The van der Waals surface area contributed by atoms with Crippen LogP contribution < -0.4 is 3.58 Å². The van der Waals surface area contributed by atoms with E-state index in [1.807, 2.05) is 37.3 Å². The monoisotopic (exact) mass is 312 g/mol. The van der Waals surface area contributed by atoms with Crippen LogP contribution >= 0.6 is 17.8 Å². The van der Waals surface area contributed by atoms with E-state index in [1.165, 1.54) is 0 Å². The van der Waals surface area contributed by atoms with Gasteiger partial charge in [-0.15, -0.1) is 0 Å². The van der Waals surface area contributed by atoms with Crippen LogP contribution in [-0.2, 0) is 3.07 Å². The third kappa shape index (κ3) is 2.80. The number of hydrogen-bond acceptors (Lipinski definition) is 1. The van der Waals surface area contributed by atoms with Gasteiger partial charge in [0.05, 0.1) is 0 Å². The van der Waals surface area contributed by atoms with Crippen LogP contribution in [0.3, 0.4) is 0 Å². The molecule has 1 aromatic rings. The Kier molecular flexibility index (Phi) is 4.17. The fourth-order valence-electron chi connectivity index (χ4n) is 0.897. The summed E-state index contributed by atoms with van der Waals surface area (Å²) in [5.74, 6) is 0. The van der Waals surface area contributed by atoms with E-state index in [-0.39, 0.29) is 0 Å². The van der Waals surface area contributed by atoms with Crippen molar-refractivity contribution in [3.05, 3.63) is 30.3 Å². The molecule has 0 heterocycles. The Morgan fingerprint density at radius 1 is 1.25 bits per heavy atom. The van der Waals surface area contributed by atoms with Crippen molar-refractivity contribution in [3.8, 4) is 0 Å². The van der Waals surface area contributed by atoms with Crippen molar-refractivity contribution in [2.24, 2.45) is 0 Å². The zero-order valence-electron chi connectivity index (χ0n) is 6.76. The van der Waals surface area contributed by atoms with Crippen molar-refractivity contribution < 1.29 is 3.07 Å². The molecule has 0 amide bonds. The summed E-state index contributed by atoms with van der Waals surface area (Å²) in [5, 5.41) is 0. The molecular weight excluding hydrogens is 302 g/mol. The van der Waals surface area contributed by atoms with Crippen LogP contribution in [0.4, 0.5) is 0 Å². The molecule has 1 rings (SSSR count). The van der Waals surface area contributed by atoms with Crippen molar-refractivity contribution >= 4 is 38.0 Å². The first-order valence-corrected chi connectivity index (χ1v) is 13.6. The molecule has 0 spiro atoms. The Morgan fingerprint density at radius 3 is 2.33 bits per heavy atom. The summed E-state index contributed by atoms with van der Waals surface area (Å²) in [6, 6.07) is 9.62. The van der Waals surface area contributed by atoms with E-state index >= 15 is 0 Å². The third-order valence-electron chi connectivity index (χ3n) is 1.44. The van der Waals surface area contributed by atoms with Gasteiger partial charge in [0.2, 0.25) is 0 Å². The van der Waals surface area contributed by atoms with Gasteiger partial charge in [0, 0.05) is 0 Å². The minimum atomic E-state index is -3.36. The summed E-state index contributed by atoms with van der Waals surface area (Å²) in [6.07, 6.45) is 0. The van der Waals surface area contributed by atoms with Gasteiger partial charge < -0.3 is 0 Å². The van der Waals surface area contributed by atoms with Gasteiger partial charge in [-0.05, 0) is 0 Å². The predicted octanol–water partition coefficient (Wildman–Crippen LogP) is 2.35. The van der Waals surface area contributed by atoms with Crippen molar-refractivity contribution in [2.45, 2.75) is 6.92 Å². The van der Waals surface area contributed by atoms with Crippen LogP contribution in [0.2, 0.25) is 0 Å². The number of hydrogen-bond donors (Lipinski definition) is 0. The van der Waals surface area contributed by atoms with Gasteiger partial charge in [-0.1, -0.05) is 0 Å². The molecule has 0 atom stereocenters. The molecule has 0 N–H and O–H groups in total.